The molecule has 1 atom stereocenters. The summed E-state index contributed by atoms with van der Waals surface area (Å²) in [5.41, 5.74) is 2.58. The Morgan fingerprint density at radius 3 is 2.30 bits per heavy atom. The van der Waals surface area contributed by atoms with Crippen molar-refractivity contribution in [2.24, 2.45) is 5.92 Å². The summed E-state index contributed by atoms with van der Waals surface area (Å²) in [5.74, 6) is -2.29. The third kappa shape index (κ3) is 3.73. The van der Waals surface area contributed by atoms with Crippen LogP contribution in [0.3, 0.4) is 0 Å². The maximum Gasteiger partial charge on any atom is 0.338 e. The van der Waals surface area contributed by atoms with Gasteiger partial charge in [0.2, 0.25) is 0 Å². The molecule has 3 rings (SSSR count). The van der Waals surface area contributed by atoms with E-state index in [-0.39, 0.29) is 23.9 Å². The molecule has 6 nitrogen and oxygen atoms in total. The Morgan fingerprint density at radius 1 is 1.10 bits per heavy atom. The van der Waals surface area contributed by atoms with Crippen molar-refractivity contribution in [1.29, 1.82) is 0 Å². The van der Waals surface area contributed by atoms with Gasteiger partial charge in [0.1, 0.15) is 0 Å². The molecule has 0 radical (unpaired) electrons. The van der Waals surface area contributed by atoms with Gasteiger partial charge in [-0.2, -0.15) is 0 Å². The molecule has 0 bridgehead atoms. The summed E-state index contributed by atoms with van der Waals surface area (Å²) in [5, 5.41) is 10.6. The molecule has 1 amide bonds. The average Bonchev–Trinajstić information content (AvgIpc) is 2.98. The molecule has 1 aliphatic rings. The number of amides is 1. The number of rotatable bonds is 6. The Bertz CT molecular complexity index is 1020. The quantitative estimate of drug-likeness (QED) is 0.722. The zero-order valence-electron chi connectivity index (χ0n) is 17.5. The Morgan fingerprint density at radius 2 is 1.73 bits per heavy atom. The lowest BCUT2D eigenvalue weighted by Gasteiger charge is -2.28. The number of carbonyl (C=O) groups excluding carboxylic acids is 3. The maximum absolute atomic E-state index is 13.0. The van der Waals surface area contributed by atoms with Crippen LogP contribution in [0, 0.1) is 12.8 Å². The van der Waals surface area contributed by atoms with Gasteiger partial charge in [-0.15, -0.1) is 0 Å². The highest BCUT2D eigenvalue weighted by Gasteiger charge is 2.45. The second-order valence-electron chi connectivity index (χ2n) is 7.48. The first-order valence-electron chi connectivity index (χ1n) is 9.91. The lowest BCUT2D eigenvalue weighted by molar-refractivity contribution is -0.119. The van der Waals surface area contributed by atoms with Crippen LogP contribution in [0.15, 0.2) is 59.9 Å². The van der Waals surface area contributed by atoms with Gasteiger partial charge in [0.15, 0.2) is 11.5 Å². The number of anilines is 1. The van der Waals surface area contributed by atoms with Crippen LogP contribution >= 0.6 is 0 Å². The lowest BCUT2D eigenvalue weighted by atomic mass is 9.89. The number of aliphatic hydroxyl groups excluding tert-OH is 1. The van der Waals surface area contributed by atoms with Gasteiger partial charge in [-0.1, -0.05) is 38.1 Å². The van der Waals surface area contributed by atoms with Gasteiger partial charge in [0.25, 0.3) is 5.91 Å². The van der Waals surface area contributed by atoms with Crippen molar-refractivity contribution in [1.82, 2.24) is 0 Å². The van der Waals surface area contributed by atoms with Crippen LogP contribution in [-0.2, 0) is 14.3 Å². The number of carbonyl (C=O) groups is 3. The van der Waals surface area contributed by atoms with E-state index in [1.165, 1.54) is 4.90 Å². The van der Waals surface area contributed by atoms with Crippen LogP contribution in [0.4, 0.5) is 5.69 Å². The highest BCUT2D eigenvalue weighted by Crippen LogP contribution is 2.42. The molecule has 0 saturated heterocycles. The van der Waals surface area contributed by atoms with Crippen molar-refractivity contribution in [3.8, 4) is 0 Å². The van der Waals surface area contributed by atoms with Crippen LogP contribution in [0.5, 0.6) is 0 Å². The highest BCUT2D eigenvalue weighted by molar-refractivity contribution is 6.17. The largest absolute Gasteiger partial charge is 0.503 e. The first-order chi connectivity index (χ1) is 14.3. The Labute approximate surface area is 175 Å². The summed E-state index contributed by atoms with van der Waals surface area (Å²) in [6, 6.07) is 13.1. The van der Waals surface area contributed by atoms with Gasteiger partial charge in [0, 0.05) is 11.6 Å². The minimum atomic E-state index is -0.748. The van der Waals surface area contributed by atoms with E-state index < -0.39 is 23.7 Å². The maximum atomic E-state index is 13.0. The summed E-state index contributed by atoms with van der Waals surface area (Å²) in [4.78, 5) is 39.3. The monoisotopic (exact) mass is 407 g/mol. The zero-order chi connectivity index (χ0) is 22.0. The van der Waals surface area contributed by atoms with Crippen LogP contribution in [0.25, 0.3) is 0 Å². The molecule has 6 heteroatoms. The fraction of sp³-hybridized carbons (Fsp3) is 0.292. The first kappa shape index (κ1) is 21.3. The van der Waals surface area contributed by atoms with E-state index in [4.69, 9.17) is 4.74 Å². The average molecular weight is 407 g/mol. The Kier molecular flexibility index (Phi) is 6.06. The number of ether oxygens (including phenoxy) is 1. The topological polar surface area (TPSA) is 83.9 Å². The number of Topliss-reactive ketones (excluding diaryl/α,β-unsaturated/α-hetero) is 1. The zero-order valence-corrected chi connectivity index (χ0v) is 17.5. The first-order valence-corrected chi connectivity index (χ1v) is 9.91. The molecule has 1 unspecified atom stereocenters. The third-order valence-electron chi connectivity index (χ3n) is 5.14. The van der Waals surface area contributed by atoms with Crippen molar-refractivity contribution in [3.63, 3.8) is 0 Å². The van der Waals surface area contributed by atoms with E-state index in [2.05, 4.69) is 0 Å². The number of esters is 1. The van der Waals surface area contributed by atoms with Gasteiger partial charge in [-0.3, -0.25) is 14.5 Å². The molecule has 1 N–H and O–H groups in total. The summed E-state index contributed by atoms with van der Waals surface area (Å²) >= 11 is 0. The molecule has 30 heavy (non-hydrogen) atoms. The number of aliphatic hydroxyl groups is 1. The summed E-state index contributed by atoms with van der Waals surface area (Å²) in [6.07, 6.45) is 0. The van der Waals surface area contributed by atoms with Crippen molar-refractivity contribution in [2.45, 2.75) is 33.7 Å². The van der Waals surface area contributed by atoms with Crippen LogP contribution < -0.4 is 4.90 Å². The molecule has 1 heterocycles. The normalized spacial score (nSPS) is 16.4. The van der Waals surface area contributed by atoms with E-state index in [0.717, 1.165) is 11.1 Å². The fourth-order valence-corrected chi connectivity index (χ4v) is 3.59. The highest BCUT2D eigenvalue weighted by atomic mass is 16.5. The molecule has 0 aliphatic carbocycles. The Hall–Kier alpha value is -3.41. The summed E-state index contributed by atoms with van der Waals surface area (Å²) < 4.78 is 5.00. The molecule has 156 valence electrons. The summed E-state index contributed by atoms with van der Waals surface area (Å²) in [6.45, 7) is 7.36. The van der Waals surface area contributed by atoms with E-state index in [1.54, 1.807) is 45.0 Å². The van der Waals surface area contributed by atoms with Crippen LogP contribution in [0.1, 0.15) is 48.3 Å². The van der Waals surface area contributed by atoms with E-state index in [0.29, 0.717) is 11.3 Å². The standard InChI is InChI=1S/C24H25NO5/c1-5-30-24(29)16-10-12-17(13-11-16)25-20(18-9-7-6-8-15(18)4)19(21(26)14(2)3)22(27)23(25)28/h6-14,20,27H,5H2,1-4H3. The van der Waals surface area contributed by atoms with Crippen LogP contribution in [-0.4, -0.2) is 29.4 Å². The molecule has 1 aliphatic heterocycles. The molecule has 2 aromatic carbocycles. The van der Waals surface area contributed by atoms with Crippen molar-refractivity contribution >= 4 is 23.3 Å². The van der Waals surface area contributed by atoms with E-state index in [9.17, 15) is 19.5 Å². The van der Waals surface area contributed by atoms with Gasteiger partial charge in [-0.05, 0) is 49.2 Å². The van der Waals surface area contributed by atoms with E-state index in [1.807, 2.05) is 31.2 Å². The number of aryl methyl sites for hydroxylation is 1. The number of hydrogen-bond donors (Lipinski definition) is 1. The van der Waals surface area contributed by atoms with E-state index >= 15 is 0 Å². The SMILES string of the molecule is CCOC(=O)c1ccc(N2C(=O)C(O)=C(C(=O)C(C)C)C2c2ccccc2C)cc1. The number of ketones is 1. The Balaban J connectivity index is 2.11. The predicted molar refractivity (Wildman–Crippen MR) is 113 cm³/mol. The minimum absolute atomic E-state index is 0.0961. The molecule has 2 aromatic rings. The van der Waals surface area contributed by atoms with Crippen molar-refractivity contribution < 1.29 is 24.2 Å². The second kappa shape index (κ2) is 8.53. The van der Waals surface area contributed by atoms with Gasteiger partial charge < -0.3 is 9.84 Å². The predicted octanol–water partition coefficient (Wildman–Crippen LogP) is 4.30. The van der Waals surface area contributed by atoms with Gasteiger partial charge in [-0.25, -0.2) is 4.79 Å². The van der Waals surface area contributed by atoms with Crippen molar-refractivity contribution in [2.75, 3.05) is 11.5 Å². The van der Waals surface area contributed by atoms with Crippen molar-refractivity contribution in [3.05, 3.63) is 76.6 Å². The number of nitrogens with zero attached hydrogens (tertiary/aromatic N) is 1. The molecular formula is C24H25NO5. The molecule has 0 saturated carbocycles. The smallest absolute Gasteiger partial charge is 0.338 e. The molecule has 0 spiro atoms. The van der Waals surface area contributed by atoms with Gasteiger partial charge >= 0.3 is 5.97 Å². The number of hydrogen-bond acceptors (Lipinski definition) is 5. The van der Waals surface area contributed by atoms with Gasteiger partial charge in [0.05, 0.1) is 23.8 Å². The minimum Gasteiger partial charge on any atom is -0.503 e. The molecular weight excluding hydrogens is 382 g/mol. The molecule has 0 fully saturated rings. The number of benzene rings is 2. The second-order valence-corrected chi connectivity index (χ2v) is 7.48. The molecule has 0 aromatic heterocycles. The third-order valence-corrected chi connectivity index (χ3v) is 5.14. The van der Waals surface area contributed by atoms with Crippen LogP contribution in [0.2, 0.25) is 0 Å². The summed E-state index contributed by atoms with van der Waals surface area (Å²) in [7, 11) is 0. The fourth-order valence-electron chi connectivity index (χ4n) is 3.59. The lowest BCUT2D eigenvalue weighted by Crippen LogP contribution is -2.32.